The molecule has 0 atom stereocenters. The molecule has 1 aromatic heterocycles. The van der Waals surface area contributed by atoms with Crippen LogP contribution < -0.4 is 10.3 Å². The quantitative estimate of drug-likeness (QED) is 0.150. The Hall–Kier alpha value is -5.06. The minimum absolute atomic E-state index is 0.0344. The molecule has 0 spiro atoms. The summed E-state index contributed by atoms with van der Waals surface area (Å²) in [6.07, 6.45) is -3.69. The van der Waals surface area contributed by atoms with Gasteiger partial charge in [-0.2, -0.15) is 18.2 Å². The molecule has 6 nitrogen and oxygen atoms in total. The van der Waals surface area contributed by atoms with Gasteiger partial charge >= 0.3 is 12.1 Å². The number of nitrogens with zero attached hydrogens (tertiary/aromatic N) is 2. The van der Waals surface area contributed by atoms with Crippen LogP contribution in [0.3, 0.4) is 0 Å². The summed E-state index contributed by atoms with van der Waals surface area (Å²) in [6, 6.07) is 17.4. The lowest BCUT2D eigenvalue weighted by atomic mass is 10.1. The van der Waals surface area contributed by atoms with E-state index in [-0.39, 0.29) is 35.4 Å². The number of rotatable bonds is 7. The van der Waals surface area contributed by atoms with Gasteiger partial charge in [-0.25, -0.2) is 13.6 Å². The van der Waals surface area contributed by atoms with Gasteiger partial charge in [-0.15, -0.1) is 0 Å². The number of carbonyl (C=O) groups excluding carboxylic acids is 1. The lowest BCUT2D eigenvalue weighted by Gasteiger charge is -2.18. The molecule has 0 aliphatic carbocycles. The number of carbonyl (C=O) groups is 1. The zero-order valence-corrected chi connectivity index (χ0v) is 21.9. The highest BCUT2D eigenvalue weighted by Gasteiger charge is 2.37. The number of para-hydroxylation sites is 1. The van der Waals surface area contributed by atoms with Gasteiger partial charge in [-0.3, -0.25) is 4.79 Å². The van der Waals surface area contributed by atoms with Crippen molar-refractivity contribution >= 4 is 16.9 Å². The first-order valence-electron chi connectivity index (χ1n) is 12.5. The van der Waals surface area contributed by atoms with E-state index in [1.807, 2.05) is 0 Å². The lowest BCUT2D eigenvalue weighted by molar-refractivity contribution is -0.138. The van der Waals surface area contributed by atoms with Crippen LogP contribution in [-0.2, 0) is 24.1 Å². The average Bonchev–Trinajstić information content (AvgIpc) is 2.95. The molecule has 1 heterocycles. The highest BCUT2D eigenvalue weighted by Crippen LogP contribution is 2.41. The first kappa shape index (κ1) is 28.5. The van der Waals surface area contributed by atoms with Crippen LogP contribution in [0.15, 0.2) is 90.0 Å². The molecule has 0 saturated carbocycles. The van der Waals surface area contributed by atoms with E-state index >= 15 is 0 Å². The van der Waals surface area contributed by atoms with Crippen molar-refractivity contribution in [1.29, 1.82) is 0 Å². The Labute approximate surface area is 235 Å². The van der Waals surface area contributed by atoms with Crippen LogP contribution >= 0.6 is 0 Å². The summed E-state index contributed by atoms with van der Waals surface area (Å²) in [5.41, 5.74) is -0.980. The number of hydrogen-bond donors (Lipinski definition) is 0. The van der Waals surface area contributed by atoms with Gasteiger partial charge in [0.15, 0.2) is 5.75 Å². The maximum Gasteiger partial charge on any atom is 0.420 e. The van der Waals surface area contributed by atoms with Crippen molar-refractivity contribution in [1.82, 2.24) is 9.55 Å². The lowest BCUT2D eigenvalue weighted by Crippen LogP contribution is -2.15. The molecule has 0 saturated heterocycles. The summed E-state index contributed by atoms with van der Waals surface area (Å²) in [5.74, 6) is -3.54. The van der Waals surface area contributed by atoms with Crippen molar-refractivity contribution in [3.05, 3.63) is 135 Å². The van der Waals surface area contributed by atoms with Gasteiger partial charge in [-0.05, 0) is 54.4 Å². The molecule has 0 bridgehead atoms. The smallest absolute Gasteiger partial charge is 0.420 e. The first-order chi connectivity index (χ1) is 20.0. The molecule has 0 aliphatic rings. The molecule has 4 aromatic carbocycles. The van der Waals surface area contributed by atoms with Crippen LogP contribution in [0.2, 0.25) is 0 Å². The Kier molecular flexibility index (Phi) is 7.75. The second-order valence-corrected chi connectivity index (χ2v) is 9.38. The van der Waals surface area contributed by atoms with E-state index in [0.29, 0.717) is 11.1 Å². The summed E-state index contributed by atoms with van der Waals surface area (Å²) < 4.78 is 82.2. The Morgan fingerprint density at radius 1 is 0.952 bits per heavy atom. The van der Waals surface area contributed by atoms with Crippen LogP contribution in [0.1, 0.15) is 32.6 Å². The largest absolute Gasteiger partial charge is 0.457 e. The van der Waals surface area contributed by atoms with E-state index < -0.39 is 46.2 Å². The summed E-state index contributed by atoms with van der Waals surface area (Å²) in [7, 11) is 0. The van der Waals surface area contributed by atoms with Gasteiger partial charge in [0.1, 0.15) is 29.6 Å². The van der Waals surface area contributed by atoms with E-state index in [0.717, 1.165) is 24.3 Å². The maximum absolute atomic E-state index is 14.5. The monoisotopic (exact) mass is 580 g/mol. The SMILES string of the molecule is Cc1cc(F)cc(F)c1Cn1cnc(=O)c2cc(Oc3c(C(=O)OCc4ccccc4)cccc3C(F)(F)F)ccc21. The van der Waals surface area contributed by atoms with Gasteiger partial charge < -0.3 is 14.0 Å². The Bertz CT molecular complexity index is 1830. The first-order valence-corrected chi connectivity index (χ1v) is 12.5. The van der Waals surface area contributed by atoms with E-state index in [1.165, 1.54) is 42.1 Å². The normalized spacial score (nSPS) is 11.5. The summed E-state index contributed by atoms with van der Waals surface area (Å²) in [4.78, 5) is 29.3. The molecular formula is C31H21F5N2O4. The summed E-state index contributed by atoms with van der Waals surface area (Å²) in [5, 5.41) is -0.0344. The number of halogens is 5. The topological polar surface area (TPSA) is 70.4 Å². The molecule has 0 aliphatic heterocycles. The number of benzene rings is 4. The third kappa shape index (κ3) is 5.99. The van der Waals surface area contributed by atoms with Gasteiger partial charge in [0.2, 0.25) is 0 Å². The third-order valence-corrected chi connectivity index (χ3v) is 6.51. The predicted octanol–water partition coefficient (Wildman–Crippen LogP) is 7.20. The van der Waals surface area contributed by atoms with Gasteiger partial charge in [0.05, 0.1) is 29.3 Å². The van der Waals surface area contributed by atoms with Crippen LogP contribution in [0.4, 0.5) is 22.0 Å². The Morgan fingerprint density at radius 3 is 2.43 bits per heavy atom. The Balaban J connectivity index is 1.51. The molecule has 0 unspecified atom stereocenters. The van der Waals surface area contributed by atoms with Crippen LogP contribution in [0.5, 0.6) is 11.5 Å². The van der Waals surface area contributed by atoms with Crippen molar-refractivity contribution in [3.8, 4) is 11.5 Å². The molecule has 11 heteroatoms. The fourth-order valence-electron chi connectivity index (χ4n) is 4.43. The number of esters is 1. The molecule has 5 rings (SSSR count). The molecule has 0 fully saturated rings. The molecule has 0 radical (unpaired) electrons. The van der Waals surface area contributed by atoms with Crippen LogP contribution in [-0.4, -0.2) is 15.5 Å². The molecule has 0 amide bonds. The van der Waals surface area contributed by atoms with Crippen molar-refractivity contribution in [2.45, 2.75) is 26.3 Å². The van der Waals surface area contributed by atoms with Crippen LogP contribution in [0.25, 0.3) is 10.9 Å². The van der Waals surface area contributed by atoms with Gasteiger partial charge in [-0.1, -0.05) is 36.4 Å². The number of aromatic nitrogens is 2. The second kappa shape index (κ2) is 11.4. The highest BCUT2D eigenvalue weighted by atomic mass is 19.4. The fourth-order valence-corrected chi connectivity index (χ4v) is 4.43. The van der Waals surface area contributed by atoms with Gasteiger partial charge in [0, 0.05) is 11.6 Å². The van der Waals surface area contributed by atoms with Crippen LogP contribution in [0, 0.1) is 18.6 Å². The number of hydrogen-bond acceptors (Lipinski definition) is 5. The highest BCUT2D eigenvalue weighted by molar-refractivity contribution is 5.93. The molecular weight excluding hydrogens is 559 g/mol. The average molecular weight is 581 g/mol. The predicted molar refractivity (Wildman–Crippen MR) is 143 cm³/mol. The zero-order chi connectivity index (χ0) is 30.0. The third-order valence-electron chi connectivity index (χ3n) is 6.51. The summed E-state index contributed by atoms with van der Waals surface area (Å²) >= 11 is 0. The fraction of sp³-hybridized carbons (Fsp3) is 0.129. The second-order valence-electron chi connectivity index (χ2n) is 9.38. The minimum atomic E-state index is -4.88. The molecule has 5 aromatic rings. The van der Waals surface area contributed by atoms with E-state index in [9.17, 15) is 31.5 Å². The standard InChI is InChI=1S/C31H21F5N2O4/c1-18-12-20(32)13-26(33)24(18)15-38-17-37-29(39)23-14-21(10-11-27(23)38)42-28-22(8-5-9-25(28)31(34,35)36)30(40)41-16-19-6-3-2-4-7-19/h2-14,17H,15-16H2,1H3. The summed E-state index contributed by atoms with van der Waals surface area (Å²) in [6.45, 7) is 1.26. The van der Waals surface area contributed by atoms with E-state index in [4.69, 9.17) is 9.47 Å². The van der Waals surface area contributed by atoms with E-state index in [1.54, 1.807) is 30.3 Å². The molecule has 214 valence electrons. The maximum atomic E-state index is 14.5. The minimum Gasteiger partial charge on any atom is -0.457 e. The molecule has 0 N–H and O–H groups in total. The van der Waals surface area contributed by atoms with Crippen molar-refractivity contribution in [2.24, 2.45) is 0 Å². The zero-order valence-electron chi connectivity index (χ0n) is 21.9. The van der Waals surface area contributed by atoms with Gasteiger partial charge in [0.25, 0.3) is 5.56 Å². The van der Waals surface area contributed by atoms with Crippen molar-refractivity contribution < 1.29 is 36.2 Å². The number of aryl methyl sites for hydroxylation is 1. The number of alkyl halides is 3. The molecule has 42 heavy (non-hydrogen) atoms. The van der Waals surface area contributed by atoms with Crippen molar-refractivity contribution in [2.75, 3.05) is 0 Å². The van der Waals surface area contributed by atoms with Crippen molar-refractivity contribution in [3.63, 3.8) is 0 Å². The number of ether oxygens (including phenoxy) is 2. The Morgan fingerprint density at radius 2 is 1.71 bits per heavy atom. The number of fused-ring (bicyclic) bond motifs is 1. The van der Waals surface area contributed by atoms with E-state index in [2.05, 4.69) is 4.98 Å².